The Labute approximate surface area is 215 Å². The molecule has 1 N–H and O–H groups in total. The first-order chi connectivity index (χ1) is 18.1. The predicted octanol–water partition coefficient (Wildman–Crippen LogP) is 5.54. The molecular formula is C27H23F3N6O2. The van der Waals surface area contributed by atoms with Gasteiger partial charge in [-0.3, -0.25) is 9.48 Å². The normalized spacial score (nSPS) is 11.6. The van der Waals surface area contributed by atoms with Crippen LogP contribution in [0.5, 0.6) is 5.75 Å². The molecule has 11 heteroatoms. The first-order valence-electron chi connectivity index (χ1n) is 11.6. The Morgan fingerprint density at radius 1 is 1.05 bits per heavy atom. The van der Waals surface area contributed by atoms with Crippen LogP contribution in [0.2, 0.25) is 0 Å². The summed E-state index contributed by atoms with van der Waals surface area (Å²) in [5.74, 6) is 0.0276. The van der Waals surface area contributed by atoms with E-state index in [2.05, 4.69) is 20.5 Å². The van der Waals surface area contributed by atoms with Crippen LogP contribution >= 0.6 is 0 Å². The molecule has 0 atom stereocenters. The van der Waals surface area contributed by atoms with Crippen LogP contribution in [-0.2, 0) is 12.7 Å². The van der Waals surface area contributed by atoms with Gasteiger partial charge in [0.2, 0.25) is 0 Å². The molecule has 0 saturated carbocycles. The average Bonchev–Trinajstić information content (AvgIpc) is 3.51. The molecule has 3 heterocycles. The Kier molecular flexibility index (Phi) is 6.35. The standard InChI is InChI=1S/C27H23F3N6O2/c1-16-7-8-19(9-17(16)2)22-11-24(27(28,29)30)36-25(33-22)12-23(34-36)26(37)32-20-13-31-35(15-20)14-18-5-4-6-21(10-18)38-3/h4-13,15H,14H2,1-3H3,(H,32,37). The molecule has 0 bridgehead atoms. The van der Waals surface area contributed by atoms with Crippen molar-refractivity contribution < 1.29 is 22.7 Å². The Morgan fingerprint density at radius 2 is 1.87 bits per heavy atom. The van der Waals surface area contributed by atoms with Gasteiger partial charge in [0.1, 0.15) is 5.75 Å². The van der Waals surface area contributed by atoms with E-state index in [0.29, 0.717) is 28.1 Å². The maximum Gasteiger partial charge on any atom is 0.433 e. The van der Waals surface area contributed by atoms with E-state index in [1.807, 2.05) is 44.2 Å². The average molecular weight is 521 g/mol. The monoisotopic (exact) mass is 520 g/mol. The summed E-state index contributed by atoms with van der Waals surface area (Å²) in [5.41, 5.74) is 2.61. The molecular weight excluding hydrogens is 497 g/mol. The van der Waals surface area contributed by atoms with Crippen molar-refractivity contribution in [3.63, 3.8) is 0 Å². The summed E-state index contributed by atoms with van der Waals surface area (Å²) >= 11 is 0. The zero-order valence-electron chi connectivity index (χ0n) is 20.7. The number of alkyl halides is 3. The third-order valence-electron chi connectivity index (χ3n) is 6.12. The number of hydrogen-bond acceptors (Lipinski definition) is 5. The number of ether oxygens (including phenoxy) is 1. The second-order valence-electron chi connectivity index (χ2n) is 8.86. The van der Waals surface area contributed by atoms with Crippen molar-refractivity contribution in [2.24, 2.45) is 0 Å². The lowest BCUT2D eigenvalue weighted by atomic mass is 10.0. The molecule has 194 valence electrons. The van der Waals surface area contributed by atoms with Crippen LogP contribution < -0.4 is 10.1 Å². The summed E-state index contributed by atoms with van der Waals surface area (Å²) in [6.45, 7) is 4.23. The Balaban J connectivity index is 1.42. The highest BCUT2D eigenvalue weighted by Crippen LogP contribution is 2.33. The minimum Gasteiger partial charge on any atom is -0.497 e. The van der Waals surface area contributed by atoms with Gasteiger partial charge in [-0.15, -0.1) is 0 Å². The molecule has 0 aliphatic carbocycles. The summed E-state index contributed by atoms with van der Waals surface area (Å²) in [7, 11) is 1.58. The number of hydrogen-bond donors (Lipinski definition) is 1. The predicted molar refractivity (Wildman–Crippen MR) is 135 cm³/mol. The van der Waals surface area contributed by atoms with Crippen LogP contribution in [-0.4, -0.2) is 37.4 Å². The fraction of sp³-hybridized carbons (Fsp3) is 0.185. The fourth-order valence-electron chi connectivity index (χ4n) is 4.00. The van der Waals surface area contributed by atoms with E-state index in [0.717, 1.165) is 22.8 Å². The number of aromatic nitrogens is 5. The summed E-state index contributed by atoms with van der Waals surface area (Å²) in [5, 5.41) is 10.8. The number of amides is 1. The van der Waals surface area contributed by atoms with Crippen molar-refractivity contribution >= 4 is 17.2 Å². The van der Waals surface area contributed by atoms with Crippen molar-refractivity contribution in [2.75, 3.05) is 12.4 Å². The van der Waals surface area contributed by atoms with Gasteiger partial charge in [-0.2, -0.15) is 23.4 Å². The summed E-state index contributed by atoms with van der Waals surface area (Å²) in [6, 6.07) is 15.0. The van der Waals surface area contributed by atoms with E-state index in [4.69, 9.17) is 4.74 Å². The van der Waals surface area contributed by atoms with E-state index in [1.165, 1.54) is 12.3 Å². The molecule has 2 aromatic carbocycles. The molecule has 0 saturated heterocycles. The van der Waals surface area contributed by atoms with Gasteiger partial charge in [0.15, 0.2) is 17.0 Å². The quantitative estimate of drug-likeness (QED) is 0.318. The molecule has 1 amide bonds. The molecule has 8 nitrogen and oxygen atoms in total. The van der Waals surface area contributed by atoms with Crippen LogP contribution in [0.1, 0.15) is 32.9 Å². The SMILES string of the molecule is COc1cccc(Cn2cc(NC(=O)c3cc4nc(-c5ccc(C)c(C)c5)cc(C(F)(F)F)n4n3)cn2)c1. The number of anilines is 1. The number of nitrogens with one attached hydrogen (secondary N) is 1. The smallest absolute Gasteiger partial charge is 0.433 e. The molecule has 5 aromatic rings. The largest absolute Gasteiger partial charge is 0.497 e. The Morgan fingerprint density at radius 3 is 2.61 bits per heavy atom. The Hall–Kier alpha value is -4.67. The maximum atomic E-state index is 13.9. The molecule has 0 aliphatic heterocycles. The number of rotatable bonds is 6. The summed E-state index contributed by atoms with van der Waals surface area (Å²) < 4.78 is 49.3. The lowest BCUT2D eigenvalue weighted by Crippen LogP contribution is -2.15. The zero-order chi connectivity index (χ0) is 27.0. The Bertz CT molecular complexity index is 1650. The number of carbonyl (C=O) groups is 1. The van der Waals surface area contributed by atoms with E-state index >= 15 is 0 Å². The van der Waals surface area contributed by atoms with Gasteiger partial charge in [0, 0.05) is 17.8 Å². The number of fused-ring (bicyclic) bond motifs is 1. The van der Waals surface area contributed by atoms with Crippen LogP contribution in [0, 0.1) is 13.8 Å². The van der Waals surface area contributed by atoms with Crippen molar-refractivity contribution in [3.8, 4) is 17.0 Å². The first kappa shape index (κ1) is 25.0. The summed E-state index contributed by atoms with van der Waals surface area (Å²) in [4.78, 5) is 17.2. The molecule has 0 spiro atoms. The molecule has 0 unspecified atom stereocenters. The number of methoxy groups -OCH3 is 1. The highest BCUT2D eigenvalue weighted by molar-refractivity contribution is 6.03. The third-order valence-corrected chi connectivity index (χ3v) is 6.12. The van der Waals surface area contributed by atoms with Gasteiger partial charge in [-0.1, -0.05) is 24.3 Å². The second-order valence-corrected chi connectivity index (χ2v) is 8.86. The zero-order valence-corrected chi connectivity index (χ0v) is 20.7. The number of nitrogens with zero attached hydrogens (tertiary/aromatic N) is 5. The van der Waals surface area contributed by atoms with Crippen molar-refractivity contribution in [3.05, 3.63) is 95.1 Å². The molecule has 0 aliphatic rings. The molecule has 38 heavy (non-hydrogen) atoms. The molecule has 0 radical (unpaired) electrons. The second kappa shape index (κ2) is 9.66. The lowest BCUT2D eigenvalue weighted by Gasteiger charge is -2.11. The van der Waals surface area contributed by atoms with E-state index in [9.17, 15) is 18.0 Å². The van der Waals surface area contributed by atoms with Crippen molar-refractivity contribution in [1.82, 2.24) is 24.4 Å². The van der Waals surface area contributed by atoms with Crippen molar-refractivity contribution in [2.45, 2.75) is 26.6 Å². The van der Waals surface area contributed by atoms with Gasteiger partial charge < -0.3 is 10.1 Å². The number of carbonyl (C=O) groups excluding carboxylic acids is 1. The third kappa shape index (κ3) is 5.08. The van der Waals surface area contributed by atoms with Gasteiger partial charge in [-0.05, 0) is 54.8 Å². The first-order valence-corrected chi connectivity index (χ1v) is 11.6. The van der Waals surface area contributed by atoms with Crippen LogP contribution in [0.4, 0.5) is 18.9 Å². The van der Waals surface area contributed by atoms with E-state index in [1.54, 1.807) is 30.1 Å². The minimum absolute atomic E-state index is 0.0908. The van der Waals surface area contributed by atoms with Crippen LogP contribution in [0.3, 0.4) is 0 Å². The van der Waals surface area contributed by atoms with Crippen molar-refractivity contribution in [1.29, 1.82) is 0 Å². The van der Waals surface area contributed by atoms with Crippen LogP contribution in [0.15, 0.2) is 67.0 Å². The highest BCUT2D eigenvalue weighted by Gasteiger charge is 2.35. The molecule has 3 aromatic heterocycles. The number of aryl methyl sites for hydroxylation is 2. The number of halogens is 3. The molecule has 5 rings (SSSR count). The molecule has 0 fully saturated rings. The van der Waals surface area contributed by atoms with E-state index < -0.39 is 17.8 Å². The van der Waals surface area contributed by atoms with Gasteiger partial charge in [0.25, 0.3) is 5.91 Å². The minimum atomic E-state index is -4.71. The fourth-order valence-corrected chi connectivity index (χ4v) is 4.00. The van der Waals surface area contributed by atoms with E-state index in [-0.39, 0.29) is 17.0 Å². The summed E-state index contributed by atoms with van der Waals surface area (Å²) in [6.07, 6.45) is -1.65. The number of benzene rings is 2. The topological polar surface area (TPSA) is 86.3 Å². The van der Waals surface area contributed by atoms with Gasteiger partial charge in [0.05, 0.1) is 31.2 Å². The maximum absolute atomic E-state index is 13.9. The van der Waals surface area contributed by atoms with Crippen LogP contribution in [0.25, 0.3) is 16.9 Å². The van der Waals surface area contributed by atoms with Gasteiger partial charge in [-0.25, -0.2) is 9.50 Å². The lowest BCUT2D eigenvalue weighted by molar-refractivity contribution is -0.142. The highest BCUT2D eigenvalue weighted by atomic mass is 19.4. The van der Waals surface area contributed by atoms with Gasteiger partial charge >= 0.3 is 6.18 Å².